The number of Topliss-reactive ketones (excluding diaryl/α,β-unsaturated/α-hetero) is 1. The molecule has 0 unspecified atom stereocenters. The maximum Gasteiger partial charge on any atom is 0.330 e. The molecule has 0 spiro atoms. The van der Waals surface area contributed by atoms with E-state index in [2.05, 4.69) is 4.99 Å². The van der Waals surface area contributed by atoms with Crippen molar-refractivity contribution in [3.05, 3.63) is 48.0 Å². The third-order valence-electron chi connectivity index (χ3n) is 6.99. The Balaban J connectivity index is 1.63. The molecule has 0 heterocycles. The third kappa shape index (κ3) is 12.5. The molecule has 0 amide bonds. The van der Waals surface area contributed by atoms with E-state index < -0.39 is 30.2 Å². The molecule has 1 saturated carbocycles. The maximum atomic E-state index is 12.5. The molecule has 2 rings (SSSR count). The first kappa shape index (κ1) is 32.1. The second-order valence-corrected chi connectivity index (χ2v) is 10.2. The topological polar surface area (TPSA) is 191 Å². The van der Waals surface area contributed by atoms with Gasteiger partial charge in [-0.2, -0.15) is 0 Å². The number of aliphatic imine (C=N–C) groups is 1. The first-order valence-corrected chi connectivity index (χ1v) is 13.8. The number of rotatable bonds is 17. The van der Waals surface area contributed by atoms with Crippen LogP contribution in [0.15, 0.2) is 47.5 Å². The molecule has 1 aliphatic carbocycles. The molecule has 39 heavy (non-hydrogen) atoms. The quantitative estimate of drug-likeness (QED) is 0.0486. The number of nitrogens with zero attached hydrogens (tertiary/aromatic N) is 1. The van der Waals surface area contributed by atoms with Crippen molar-refractivity contribution >= 4 is 23.7 Å². The Kier molecular flexibility index (Phi) is 14.4. The lowest BCUT2D eigenvalue weighted by atomic mass is 9.88. The lowest BCUT2D eigenvalue weighted by Gasteiger charge is -2.18. The lowest BCUT2D eigenvalue weighted by molar-refractivity contribution is -0.160. The number of ether oxygens (including phenoxy) is 1. The molecule has 0 bridgehead atoms. The number of carbonyl (C=O) groups is 3. The Morgan fingerprint density at radius 3 is 2.51 bits per heavy atom. The Bertz CT molecular complexity index is 964. The van der Waals surface area contributed by atoms with E-state index in [1.165, 1.54) is 0 Å². The monoisotopic (exact) mass is 544 g/mol. The number of aliphatic hydroxyl groups excluding tert-OH is 2. The Labute approximate surface area is 230 Å². The molecule has 0 radical (unpaired) electrons. The molecular weight excluding hydrogens is 500 g/mol. The fraction of sp³-hybridized carbons (Fsp3) is 0.586. The minimum atomic E-state index is -0.908. The standard InChI is InChI=1S/C29H44N4O6/c30-24(12-8-18-33-29(31)32)28(38)39-27(37)13-7-2-1-6-11-22-23(26(36)19-25(22)35)17-16-21(34)15-14-20-9-4-3-5-10-20/h3-5,9-10,16-17,21-24,26,34,36H,1-2,6-8,11-15,18-19,30H2,(H4,31,32,33)/t21-,22+,23+,24-,26+/m0/s1. The molecular formula is C29H44N4O6. The molecule has 10 heteroatoms. The van der Waals surface area contributed by atoms with Crippen LogP contribution >= 0.6 is 0 Å². The zero-order valence-electron chi connectivity index (χ0n) is 22.6. The van der Waals surface area contributed by atoms with Gasteiger partial charge in [-0.05, 0) is 44.1 Å². The van der Waals surface area contributed by atoms with Crippen molar-refractivity contribution in [1.29, 1.82) is 0 Å². The van der Waals surface area contributed by atoms with Gasteiger partial charge >= 0.3 is 11.9 Å². The predicted molar refractivity (Wildman–Crippen MR) is 149 cm³/mol. The van der Waals surface area contributed by atoms with Crippen molar-refractivity contribution in [2.45, 2.75) is 88.9 Å². The van der Waals surface area contributed by atoms with Crippen LogP contribution in [0.1, 0.15) is 69.8 Å². The summed E-state index contributed by atoms with van der Waals surface area (Å²) in [5.41, 5.74) is 17.4. The van der Waals surface area contributed by atoms with Gasteiger partial charge in [-0.25, -0.2) is 4.79 Å². The number of aliphatic hydroxyl groups is 2. The van der Waals surface area contributed by atoms with Crippen molar-refractivity contribution < 1.29 is 29.3 Å². The SMILES string of the molecule is NC(N)=NCCC[C@H](N)C(=O)OC(=O)CCCCCC[C@H]1C(=O)C[C@@H](O)[C@@H]1C=C[C@@H](O)CCc1ccccc1. The normalized spacial score (nSPS) is 20.6. The van der Waals surface area contributed by atoms with Gasteiger partial charge in [-0.3, -0.25) is 14.6 Å². The van der Waals surface area contributed by atoms with E-state index in [9.17, 15) is 24.6 Å². The number of carbonyl (C=O) groups excluding carboxylic acids is 3. The zero-order valence-corrected chi connectivity index (χ0v) is 22.6. The molecule has 1 aromatic carbocycles. The van der Waals surface area contributed by atoms with E-state index in [-0.39, 0.29) is 36.4 Å². The lowest BCUT2D eigenvalue weighted by Crippen LogP contribution is -2.34. The zero-order chi connectivity index (χ0) is 28.6. The van der Waals surface area contributed by atoms with E-state index in [1.807, 2.05) is 30.3 Å². The van der Waals surface area contributed by atoms with Crippen molar-refractivity contribution in [3.8, 4) is 0 Å². The summed E-state index contributed by atoms with van der Waals surface area (Å²) < 4.78 is 4.82. The van der Waals surface area contributed by atoms with E-state index in [0.717, 1.165) is 31.2 Å². The summed E-state index contributed by atoms with van der Waals surface area (Å²) in [6.07, 6.45) is 8.02. The minimum absolute atomic E-state index is 0.0320. The largest absolute Gasteiger partial charge is 0.392 e. The number of hydrogen-bond donors (Lipinski definition) is 5. The Morgan fingerprint density at radius 1 is 1.08 bits per heavy atom. The fourth-order valence-electron chi connectivity index (χ4n) is 4.77. The highest BCUT2D eigenvalue weighted by Gasteiger charge is 2.39. The molecule has 8 N–H and O–H groups in total. The summed E-state index contributed by atoms with van der Waals surface area (Å²) in [6, 6.07) is 9.01. The van der Waals surface area contributed by atoms with Gasteiger partial charge in [0.2, 0.25) is 0 Å². The van der Waals surface area contributed by atoms with Crippen LogP contribution in [0.2, 0.25) is 0 Å². The molecule has 1 fully saturated rings. The molecule has 5 atom stereocenters. The summed E-state index contributed by atoms with van der Waals surface area (Å²) >= 11 is 0. The van der Waals surface area contributed by atoms with Gasteiger partial charge in [-0.15, -0.1) is 0 Å². The highest BCUT2D eigenvalue weighted by Crippen LogP contribution is 2.34. The van der Waals surface area contributed by atoms with E-state index >= 15 is 0 Å². The fourth-order valence-corrected chi connectivity index (χ4v) is 4.77. The molecule has 0 aliphatic heterocycles. The molecule has 10 nitrogen and oxygen atoms in total. The Morgan fingerprint density at radius 2 is 1.79 bits per heavy atom. The van der Waals surface area contributed by atoms with Gasteiger partial charge in [0, 0.05) is 31.2 Å². The van der Waals surface area contributed by atoms with E-state index in [1.54, 1.807) is 12.2 Å². The van der Waals surface area contributed by atoms with Gasteiger partial charge < -0.3 is 32.2 Å². The first-order valence-electron chi connectivity index (χ1n) is 13.8. The summed E-state index contributed by atoms with van der Waals surface area (Å²) in [5.74, 6) is -1.91. The summed E-state index contributed by atoms with van der Waals surface area (Å²) in [6.45, 7) is 0.344. The van der Waals surface area contributed by atoms with Crippen molar-refractivity contribution in [1.82, 2.24) is 0 Å². The molecule has 0 saturated heterocycles. The summed E-state index contributed by atoms with van der Waals surface area (Å²) in [7, 11) is 0. The number of nitrogens with two attached hydrogens (primary N) is 3. The van der Waals surface area contributed by atoms with Crippen LogP contribution in [0.3, 0.4) is 0 Å². The summed E-state index contributed by atoms with van der Waals surface area (Å²) in [5, 5.41) is 20.7. The second kappa shape index (κ2) is 17.5. The maximum absolute atomic E-state index is 12.5. The van der Waals surface area contributed by atoms with Crippen molar-refractivity contribution in [2.24, 2.45) is 34.0 Å². The molecule has 0 aromatic heterocycles. The van der Waals surface area contributed by atoms with Gasteiger partial charge in [0.25, 0.3) is 0 Å². The highest BCUT2D eigenvalue weighted by molar-refractivity contribution is 5.88. The van der Waals surface area contributed by atoms with Crippen molar-refractivity contribution in [3.63, 3.8) is 0 Å². The van der Waals surface area contributed by atoms with Crippen LogP contribution in [-0.4, -0.2) is 58.7 Å². The number of aryl methyl sites for hydroxylation is 1. The van der Waals surface area contributed by atoms with Gasteiger partial charge in [0.15, 0.2) is 5.96 Å². The van der Waals surface area contributed by atoms with Crippen LogP contribution < -0.4 is 17.2 Å². The van der Waals surface area contributed by atoms with E-state index in [4.69, 9.17) is 21.9 Å². The van der Waals surface area contributed by atoms with Gasteiger partial charge in [-0.1, -0.05) is 61.7 Å². The molecule has 1 aliphatic rings. The number of ketones is 1. The van der Waals surface area contributed by atoms with Crippen LogP contribution in [0.4, 0.5) is 0 Å². The second-order valence-electron chi connectivity index (χ2n) is 10.2. The number of unbranched alkanes of at least 4 members (excludes halogenated alkanes) is 3. The number of hydrogen-bond acceptors (Lipinski definition) is 8. The number of esters is 2. The van der Waals surface area contributed by atoms with Gasteiger partial charge in [0.05, 0.1) is 12.2 Å². The van der Waals surface area contributed by atoms with Crippen LogP contribution in [0.5, 0.6) is 0 Å². The molecule has 216 valence electrons. The van der Waals surface area contributed by atoms with Crippen molar-refractivity contribution in [2.75, 3.05) is 6.54 Å². The van der Waals surface area contributed by atoms with Crippen LogP contribution in [-0.2, 0) is 25.5 Å². The molecule has 1 aromatic rings. The third-order valence-corrected chi connectivity index (χ3v) is 6.99. The van der Waals surface area contributed by atoms with E-state index in [0.29, 0.717) is 38.6 Å². The van der Waals surface area contributed by atoms with Crippen LogP contribution in [0.25, 0.3) is 0 Å². The first-order chi connectivity index (χ1) is 18.7. The average molecular weight is 545 g/mol. The minimum Gasteiger partial charge on any atom is -0.392 e. The number of benzene rings is 1. The Hall–Kier alpha value is -3.08. The highest BCUT2D eigenvalue weighted by atomic mass is 16.6. The summed E-state index contributed by atoms with van der Waals surface area (Å²) in [4.78, 5) is 40.1. The number of guanidine groups is 1. The smallest absolute Gasteiger partial charge is 0.330 e. The van der Waals surface area contributed by atoms with Gasteiger partial charge in [0.1, 0.15) is 11.8 Å². The van der Waals surface area contributed by atoms with Crippen LogP contribution in [0, 0.1) is 11.8 Å². The predicted octanol–water partition coefficient (Wildman–Crippen LogP) is 1.89. The average Bonchev–Trinajstić information content (AvgIpc) is 3.17.